The number of benzene rings is 1. The van der Waals surface area contributed by atoms with Gasteiger partial charge in [0.15, 0.2) is 5.82 Å². The van der Waals surface area contributed by atoms with Gasteiger partial charge in [-0.25, -0.2) is 13.1 Å². The Hall–Kier alpha value is -2.14. The second kappa shape index (κ2) is 6.06. The van der Waals surface area contributed by atoms with Crippen LogP contribution in [0.2, 0.25) is 0 Å². The fourth-order valence-electron chi connectivity index (χ4n) is 1.95. The molecular weight excluding hydrogens is 351 g/mol. The Morgan fingerprint density at radius 3 is 2.67 bits per heavy atom. The number of halogens is 3. The second-order valence-electron chi connectivity index (χ2n) is 5.14. The maximum atomic E-state index is 12.4. The Morgan fingerprint density at radius 1 is 1.29 bits per heavy atom. The molecule has 0 atom stereocenters. The summed E-state index contributed by atoms with van der Waals surface area (Å²) in [5, 5.41) is 3.63. The number of alkyl halides is 3. The van der Waals surface area contributed by atoms with Crippen LogP contribution in [0.5, 0.6) is 5.75 Å². The van der Waals surface area contributed by atoms with E-state index in [-0.39, 0.29) is 18.3 Å². The molecule has 1 aromatic carbocycles. The second-order valence-corrected chi connectivity index (χ2v) is 6.88. The number of rotatable bonds is 6. The lowest BCUT2D eigenvalue weighted by Gasteiger charge is -2.13. The zero-order valence-electron chi connectivity index (χ0n) is 12.1. The molecule has 1 fully saturated rings. The molecule has 0 aliphatic heterocycles. The molecule has 1 aliphatic carbocycles. The van der Waals surface area contributed by atoms with E-state index in [1.165, 1.54) is 12.1 Å². The number of nitrogens with zero attached hydrogens (tertiary/aromatic N) is 2. The van der Waals surface area contributed by atoms with Crippen molar-refractivity contribution < 1.29 is 30.8 Å². The van der Waals surface area contributed by atoms with Crippen molar-refractivity contribution in [2.75, 3.05) is 0 Å². The molecular formula is C13H12F3N3O4S. The SMILES string of the molecule is O=S(=O)(NCc1noc(C2CC2)n1)c1ccccc1OC(F)(F)F. The third-order valence-electron chi connectivity index (χ3n) is 3.20. The number of para-hydroxylation sites is 1. The molecule has 11 heteroatoms. The van der Waals surface area contributed by atoms with Gasteiger partial charge in [0.05, 0.1) is 6.54 Å². The van der Waals surface area contributed by atoms with Gasteiger partial charge in [-0.15, -0.1) is 13.2 Å². The molecule has 0 unspecified atom stereocenters. The predicted molar refractivity (Wildman–Crippen MR) is 73.4 cm³/mol. The predicted octanol–water partition coefficient (Wildman–Crippen LogP) is 2.32. The lowest BCUT2D eigenvalue weighted by molar-refractivity contribution is -0.275. The summed E-state index contributed by atoms with van der Waals surface area (Å²) in [7, 11) is -4.25. The van der Waals surface area contributed by atoms with Crippen molar-refractivity contribution in [3.8, 4) is 5.75 Å². The molecule has 1 heterocycles. The van der Waals surface area contributed by atoms with Crippen molar-refractivity contribution in [2.45, 2.75) is 36.6 Å². The third kappa shape index (κ3) is 4.03. The van der Waals surface area contributed by atoms with Gasteiger partial charge in [0, 0.05) is 5.92 Å². The lowest BCUT2D eigenvalue weighted by Crippen LogP contribution is -2.26. The molecule has 7 nitrogen and oxygen atoms in total. The van der Waals surface area contributed by atoms with Gasteiger partial charge in [-0.3, -0.25) is 0 Å². The third-order valence-corrected chi connectivity index (χ3v) is 4.64. The highest BCUT2D eigenvalue weighted by atomic mass is 32.2. The van der Waals surface area contributed by atoms with Crippen LogP contribution < -0.4 is 9.46 Å². The number of nitrogens with one attached hydrogen (secondary N) is 1. The van der Waals surface area contributed by atoms with Gasteiger partial charge in [0.1, 0.15) is 10.6 Å². The Morgan fingerprint density at radius 2 is 2.00 bits per heavy atom. The summed E-state index contributed by atoms with van der Waals surface area (Å²) in [6.45, 7) is -0.307. The molecule has 0 amide bonds. The average molecular weight is 363 g/mol. The van der Waals surface area contributed by atoms with Crippen molar-refractivity contribution in [2.24, 2.45) is 0 Å². The van der Waals surface area contributed by atoms with Gasteiger partial charge >= 0.3 is 6.36 Å². The highest BCUT2D eigenvalue weighted by Crippen LogP contribution is 2.38. The minimum atomic E-state index is -5.00. The molecule has 0 spiro atoms. The van der Waals surface area contributed by atoms with E-state index in [1.807, 2.05) is 0 Å². The van der Waals surface area contributed by atoms with E-state index in [9.17, 15) is 21.6 Å². The summed E-state index contributed by atoms with van der Waals surface area (Å²) in [5.41, 5.74) is 0. The van der Waals surface area contributed by atoms with Gasteiger partial charge in [-0.1, -0.05) is 17.3 Å². The van der Waals surface area contributed by atoms with E-state index in [1.54, 1.807) is 0 Å². The van der Waals surface area contributed by atoms with Crippen molar-refractivity contribution in [3.63, 3.8) is 0 Å². The average Bonchev–Trinajstić information content (AvgIpc) is 3.23. The smallest absolute Gasteiger partial charge is 0.404 e. The van der Waals surface area contributed by atoms with Crippen molar-refractivity contribution in [1.82, 2.24) is 14.9 Å². The van der Waals surface area contributed by atoms with E-state index in [2.05, 4.69) is 19.6 Å². The van der Waals surface area contributed by atoms with Crippen molar-refractivity contribution >= 4 is 10.0 Å². The molecule has 1 saturated carbocycles. The van der Waals surface area contributed by atoms with E-state index in [0.717, 1.165) is 25.0 Å². The van der Waals surface area contributed by atoms with Gasteiger partial charge in [-0.2, -0.15) is 4.98 Å². The van der Waals surface area contributed by atoms with Crippen LogP contribution in [-0.2, 0) is 16.6 Å². The van der Waals surface area contributed by atoms with E-state index in [0.29, 0.717) is 5.89 Å². The fraction of sp³-hybridized carbons (Fsp3) is 0.385. The molecule has 0 bridgehead atoms. The van der Waals surface area contributed by atoms with Gasteiger partial charge < -0.3 is 9.26 Å². The van der Waals surface area contributed by atoms with Crippen LogP contribution in [0.15, 0.2) is 33.7 Å². The van der Waals surface area contributed by atoms with Crippen LogP contribution in [0, 0.1) is 0 Å². The summed E-state index contributed by atoms with van der Waals surface area (Å²) < 4.78 is 72.4. The Kier molecular flexibility index (Phi) is 4.22. The fourth-order valence-corrected chi connectivity index (χ4v) is 3.06. The van der Waals surface area contributed by atoms with E-state index < -0.39 is 27.0 Å². The summed E-state index contributed by atoms with van der Waals surface area (Å²) >= 11 is 0. The van der Waals surface area contributed by atoms with Gasteiger partial charge in [-0.05, 0) is 25.0 Å². The summed E-state index contributed by atoms with van der Waals surface area (Å²) in [6, 6.07) is 4.45. The molecule has 0 saturated heterocycles. The first-order chi connectivity index (χ1) is 11.2. The highest BCUT2D eigenvalue weighted by Gasteiger charge is 2.34. The number of aromatic nitrogens is 2. The van der Waals surface area contributed by atoms with E-state index >= 15 is 0 Å². The van der Waals surface area contributed by atoms with Crippen LogP contribution >= 0.6 is 0 Å². The Balaban J connectivity index is 1.74. The Labute approximate surface area is 134 Å². The van der Waals surface area contributed by atoms with Crippen LogP contribution in [0.3, 0.4) is 0 Å². The van der Waals surface area contributed by atoms with E-state index in [4.69, 9.17) is 4.52 Å². The minimum Gasteiger partial charge on any atom is -0.404 e. The van der Waals surface area contributed by atoms with Crippen LogP contribution in [0.4, 0.5) is 13.2 Å². The number of hydrogen-bond donors (Lipinski definition) is 1. The minimum absolute atomic E-state index is 0.106. The zero-order valence-corrected chi connectivity index (χ0v) is 12.9. The number of hydrogen-bond acceptors (Lipinski definition) is 6. The Bertz CT molecular complexity index is 831. The maximum Gasteiger partial charge on any atom is 0.573 e. The normalized spacial score (nSPS) is 15.5. The van der Waals surface area contributed by atoms with Gasteiger partial charge in [0.2, 0.25) is 15.9 Å². The first-order valence-corrected chi connectivity index (χ1v) is 8.40. The molecule has 2 aromatic rings. The first-order valence-electron chi connectivity index (χ1n) is 6.91. The largest absolute Gasteiger partial charge is 0.573 e. The molecule has 0 radical (unpaired) electrons. The molecule has 24 heavy (non-hydrogen) atoms. The molecule has 3 rings (SSSR count). The summed E-state index contributed by atoms with van der Waals surface area (Å²) in [4.78, 5) is 3.40. The first kappa shape index (κ1) is 16.7. The van der Waals surface area contributed by atoms with Crippen molar-refractivity contribution in [1.29, 1.82) is 0 Å². The number of ether oxygens (including phenoxy) is 1. The maximum absolute atomic E-state index is 12.4. The molecule has 1 aromatic heterocycles. The van der Waals surface area contributed by atoms with Crippen LogP contribution in [0.1, 0.15) is 30.5 Å². The highest BCUT2D eigenvalue weighted by molar-refractivity contribution is 7.89. The summed E-state index contributed by atoms with van der Waals surface area (Å²) in [5.74, 6) is -0.0623. The number of sulfonamides is 1. The topological polar surface area (TPSA) is 94.3 Å². The molecule has 1 N–H and O–H groups in total. The molecule has 1 aliphatic rings. The van der Waals surface area contributed by atoms with Crippen LogP contribution in [-0.4, -0.2) is 24.9 Å². The van der Waals surface area contributed by atoms with Crippen molar-refractivity contribution in [3.05, 3.63) is 36.0 Å². The van der Waals surface area contributed by atoms with Gasteiger partial charge in [0.25, 0.3) is 0 Å². The quantitative estimate of drug-likeness (QED) is 0.846. The lowest BCUT2D eigenvalue weighted by atomic mass is 10.3. The molecule has 130 valence electrons. The standard InChI is InChI=1S/C13H12F3N3O4S/c14-13(15,16)22-9-3-1-2-4-10(9)24(20,21)17-7-11-18-12(23-19-11)8-5-6-8/h1-4,8,17H,5-7H2. The zero-order chi connectivity index (χ0) is 17.4. The van der Waals surface area contributed by atoms with Crippen LogP contribution in [0.25, 0.3) is 0 Å². The monoisotopic (exact) mass is 363 g/mol. The summed E-state index contributed by atoms with van der Waals surface area (Å²) in [6.07, 6.45) is -3.12.